The molecule has 3 rings (SSSR count). The Labute approximate surface area is 231 Å². The van der Waals surface area contributed by atoms with Crippen molar-refractivity contribution >= 4 is 17.7 Å². The predicted molar refractivity (Wildman–Crippen MR) is 151 cm³/mol. The third kappa shape index (κ3) is 9.04. The molecule has 0 aromatic heterocycles. The van der Waals surface area contributed by atoms with E-state index >= 15 is 0 Å². The van der Waals surface area contributed by atoms with Gasteiger partial charge in [0.25, 0.3) is 0 Å². The first-order chi connectivity index (χ1) is 18.9. The van der Waals surface area contributed by atoms with E-state index in [0.717, 1.165) is 43.5 Å². The number of methoxy groups -OCH3 is 1. The first-order valence-corrected chi connectivity index (χ1v) is 13.5. The molecule has 8 nitrogen and oxygen atoms in total. The number of allylic oxidation sites excluding steroid dienone is 1. The van der Waals surface area contributed by atoms with Crippen LogP contribution in [0.15, 0.2) is 76.9 Å². The Hall–Kier alpha value is -3.49. The molecule has 3 atom stereocenters. The summed E-state index contributed by atoms with van der Waals surface area (Å²) in [5.41, 5.74) is 2.43. The molecule has 0 spiro atoms. The highest BCUT2D eigenvalue weighted by atomic mass is 16.5. The maximum Gasteiger partial charge on any atom is 0.336 e. The van der Waals surface area contributed by atoms with Gasteiger partial charge in [-0.1, -0.05) is 61.4 Å². The van der Waals surface area contributed by atoms with E-state index in [1.165, 1.54) is 7.11 Å². The monoisotopic (exact) mass is 536 g/mol. The molecule has 3 unspecified atom stereocenters. The number of benzene rings is 2. The Kier molecular flexibility index (Phi) is 12.2. The number of aliphatic imine (C=N–C) groups is 1. The van der Waals surface area contributed by atoms with E-state index in [4.69, 9.17) is 14.2 Å². The molecule has 210 valence electrons. The molecule has 2 aromatic rings. The Morgan fingerprint density at radius 1 is 0.974 bits per heavy atom. The maximum atomic E-state index is 13.2. The number of aliphatic hydroxyl groups is 1. The molecule has 1 heterocycles. The van der Waals surface area contributed by atoms with Gasteiger partial charge in [0, 0.05) is 23.9 Å². The van der Waals surface area contributed by atoms with Crippen molar-refractivity contribution in [1.82, 2.24) is 5.32 Å². The molecule has 0 radical (unpaired) electrons. The van der Waals surface area contributed by atoms with Crippen LogP contribution in [0.4, 0.5) is 0 Å². The minimum atomic E-state index is -0.681. The minimum Gasteiger partial charge on any atom is -0.491 e. The Bertz CT molecular complexity index is 1120. The minimum absolute atomic E-state index is 0.245. The van der Waals surface area contributed by atoms with E-state index < -0.39 is 29.9 Å². The summed E-state index contributed by atoms with van der Waals surface area (Å²) in [7, 11) is 1.35. The molecular weight excluding hydrogens is 496 g/mol. The van der Waals surface area contributed by atoms with Crippen LogP contribution < -0.4 is 10.1 Å². The summed E-state index contributed by atoms with van der Waals surface area (Å²) in [6.45, 7) is 5.37. The quantitative estimate of drug-likeness (QED) is 0.256. The van der Waals surface area contributed by atoms with Crippen molar-refractivity contribution in [2.75, 3.05) is 33.4 Å². The van der Waals surface area contributed by atoms with E-state index in [2.05, 4.69) is 10.3 Å². The number of hydrogen-bond acceptors (Lipinski definition) is 8. The number of esters is 2. The number of nitrogens with zero attached hydrogens (tertiary/aromatic N) is 1. The summed E-state index contributed by atoms with van der Waals surface area (Å²) in [5, 5.41) is 13.3. The SMILES string of the molecule is COC(=O)C1C(C)=NC(C)=C(C(=O)OCCCCCCNCC(O)COc2ccccc2)C1c1ccccc1. The van der Waals surface area contributed by atoms with Crippen molar-refractivity contribution < 1.29 is 28.9 Å². The average Bonchev–Trinajstić information content (AvgIpc) is 2.95. The molecule has 0 saturated carbocycles. The second-order valence-corrected chi connectivity index (χ2v) is 9.67. The Balaban J connectivity index is 1.39. The fourth-order valence-electron chi connectivity index (χ4n) is 4.74. The lowest BCUT2D eigenvalue weighted by molar-refractivity contribution is -0.144. The summed E-state index contributed by atoms with van der Waals surface area (Å²) in [5.74, 6) is -1.32. The number of para-hydroxylation sites is 1. The standard InChI is InChI=1S/C31H40N2O6/c1-22-27(30(35)37-3)29(24-14-8-6-9-15-24)28(23(2)33-22)31(36)38-19-13-5-4-12-18-32-20-25(34)21-39-26-16-10-7-11-17-26/h6-11,14-17,25,27,29,32,34H,4-5,12-13,18-21H2,1-3H3. The van der Waals surface area contributed by atoms with Crippen LogP contribution in [0.3, 0.4) is 0 Å². The van der Waals surface area contributed by atoms with Gasteiger partial charge in [0.2, 0.25) is 0 Å². The van der Waals surface area contributed by atoms with Gasteiger partial charge in [0.05, 0.1) is 19.3 Å². The van der Waals surface area contributed by atoms with E-state index in [9.17, 15) is 14.7 Å². The van der Waals surface area contributed by atoms with E-state index in [-0.39, 0.29) is 6.61 Å². The van der Waals surface area contributed by atoms with Crippen LogP contribution >= 0.6 is 0 Å². The summed E-state index contributed by atoms with van der Waals surface area (Å²) in [4.78, 5) is 30.4. The van der Waals surface area contributed by atoms with Gasteiger partial charge in [-0.05, 0) is 50.9 Å². The van der Waals surface area contributed by atoms with E-state index in [0.29, 0.717) is 30.1 Å². The van der Waals surface area contributed by atoms with E-state index in [1.54, 1.807) is 13.8 Å². The zero-order chi connectivity index (χ0) is 28.0. The maximum absolute atomic E-state index is 13.2. The lowest BCUT2D eigenvalue weighted by Crippen LogP contribution is -2.36. The van der Waals surface area contributed by atoms with E-state index in [1.807, 2.05) is 60.7 Å². The summed E-state index contributed by atoms with van der Waals surface area (Å²) >= 11 is 0. The molecule has 0 fully saturated rings. The summed E-state index contributed by atoms with van der Waals surface area (Å²) in [6.07, 6.45) is 3.01. The van der Waals surface area contributed by atoms with Crippen molar-refractivity contribution in [3.8, 4) is 5.75 Å². The van der Waals surface area contributed by atoms with Crippen molar-refractivity contribution in [3.05, 3.63) is 77.5 Å². The number of rotatable bonds is 15. The molecule has 0 bridgehead atoms. The normalized spacial score (nSPS) is 17.8. The van der Waals surface area contributed by atoms with Crippen LogP contribution in [0.2, 0.25) is 0 Å². The number of aliphatic hydroxyl groups excluding tert-OH is 1. The number of unbranched alkanes of at least 4 members (excludes halogenated alkanes) is 3. The lowest BCUT2D eigenvalue weighted by Gasteiger charge is -2.31. The fourth-order valence-corrected chi connectivity index (χ4v) is 4.74. The van der Waals surface area contributed by atoms with Gasteiger partial charge >= 0.3 is 11.9 Å². The summed E-state index contributed by atoms with van der Waals surface area (Å²) < 4.78 is 16.3. The van der Waals surface area contributed by atoms with Crippen LogP contribution in [0.5, 0.6) is 5.75 Å². The van der Waals surface area contributed by atoms with Crippen LogP contribution in [-0.2, 0) is 19.1 Å². The van der Waals surface area contributed by atoms with Gasteiger partial charge in [-0.15, -0.1) is 0 Å². The number of hydrogen-bond donors (Lipinski definition) is 2. The molecule has 2 N–H and O–H groups in total. The number of nitrogens with one attached hydrogen (secondary N) is 1. The van der Waals surface area contributed by atoms with Crippen molar-refractivity contribution in [1.29, 1.82) is 0 Å². The van der Waals surface area contributed by atoms with Gasteiger partial charge in [-0.2, -0.15) is 0 Å². The van der Waals surface area contributed by atoms with Gasteiger partial charge in [-0.25, -0.2) is 4.79 Å². The van der Waals surface area contributed by atoms with Crippen LogP contribution in [0, 0.1) is 5.92 Å². The highest BCUT2D eigenvalue weighted by Gasteiger charge is 2.42. The zero-order valence-electron chi connectivity index (χ0n) is 23.1. The Morgan fingerprint density at radius 3 is 2.33 bits per heavy atom. The average molecular weight is 537 g/mol. The van der Waals surface area contributed by atoms with Crippen LogP contribution in [0.1, 0.15) is 51.0 Å². The Morgan fingerprint density at radius 2 is 1.64 bits per heavy atom. The van der Waals surface area contributed by atoms with Crippen molar-refractivity contribution in [2.24, 2.45) is 10.9 Å². The highest BCUT2D eigenvalue weighted by molar-refractivity contribution is 6.06. The molecule has 39 heavy (non-hydrogen) atoms. The molecule has 0 amide bonds. The zero-order valence-corrected chi connectivity index (χ0v) is 23.1. The third-order valence-corrected chi connectivity index (χ3v) is 6.71. The van der Waals surface area contributed by atoms with Crippen LogP contribution in [-0.4, -0.2) is 62.3 Å². The molecular formula is C31H40N2O6. The number of carbonyl (C=O) groups is 2. The third-order valence-electron chi connectivity index (χ3n) is 6.71. The molecule has 1 aliphatic rings. The fraction of sp³-hybridized carbons (Fsp3) is 0.452. The molecule has 1 aliphatic heterocycles. The number of ether oxygens (including phenoxy) is 3. The lowest BCUT2D eigenvalue weighted by atomic mass is 9.75. The smallest absolute Gasteiger partial charge is 0.336 e. The van der Waals surface area contributed by atoms with Crippen LogP contribution in [0.25, 0.3) is 0 Å². The molecule has 8 heteroatoms. The molecule has 2 aromatic carbocycles. The second-order valence-electron chi connectivity index (χ2n) is 9.67. The largest absolute Gasteiger partial charge is 0.491 e. The topological polar surface area (TPSA) is 106 Å². The molecule has 0 aliphatic carbocycles. The highest BCUT2D eigenvalue weighted by Crippen LogP contribution is 2.40. The molecule has 0 saturated heterocycles. The second kappa shape index (κ2) is 15.8. The number of carbonyl (C=O) groups excluding carboxylic acids is 2. The van der Waals surface area contributed by atoms with Gasteiger partial charge in [-0.3, -0.25) is 9.79 Å². The predicted octanol–water partition coefficient (Wildman–Crippen LogP) is 4.44. The van der Waals surface area contributed by atoms with Crippen molar-refractivity contribution in [2.45, 2.75) is 51.6 Å². The first-order valence-electron chi connectivity index (χ1n) is 13.5. The van der Waals surface area contributed by atoms with Gasteiger partial charge in [0.1, 0.15) is 24.4 Å². The van der Waals surface area contributed by atoms with Gasteiger partial charge < -0.3 is 24.6 Å². The first kappa shape index (κ1) is 30.1. The summed E-state index contributed by atoms with van der Waals surface area (Å²) in [6, 6.07) is 18.9. The van der Waals surface area contributed by atoms with Gasteiger partial charge in [0.15, 0.2) is 0 Å². The van der Waals surface area contributed by atoms with Crippen molar-refractivity contribution in [3.63, 3.8) is 0 Å².